The van der Waals surface area contributed by atoms with Crippen LogP contribution in [0.1, 0.15) is 25.5 Å². The van der Waals surface area contributed by atoms with Gasteiger partial charge in [0, 0.05) is 4.43 Å². The molecule has 70 valence electrons. The Labute approximate surface area is 91.6 Å². The van der Waals surface area contributed by atoms with Gasteiger partial charge in [-0.25, -0.2) is 0 Å². The van der Waals surface area contributed by atoms with Crippen LogP contribution in [0.4, 0.5) is 0 Å². The van der Waals surface area contributed by atoms with E-state index >= 15 is 0 Å². The lowest BCUT2D eigenvalue weighted by Gasteiger charge is -2.15. The first-order valence-corrected chi connectivity index (χ1v) is 5.95. The van der Waals surface area contributed by atoms with Gasteiger partial charge in [0.15, 0.2) is 0 Å². The number of aliphatic imine (C=N–C) groups is 1. The second-order valence-corrected chi connectivity index (χ2v) is 4.43. The second-order valence-electron chi connectivity index (χ2n) is 3.67. The molecule has 0 radical (unpaired) electrons. The topological polar surface area (TPSA) is 25.5 Å². The van der Waals surface area contributed by atoms with Crippen LogP contribution in [0.5, 0.6) is 0 Å². The van der Waals surface area contributed by atoms with Crippen LogP contribution in [0, 0.1) is 0 Å². The SMILES string of the molecule is CC1(CI)CCC(c2ccco2)=N1. The molecule has 1 aliphatic rings. The number of alkyl halides is 1. The summed E-state index contributed by atoms with van der Waals surface area (Å²) in [5.74, 6) is 0.938. The van der Waals surface area contributed by atoms with Gasteiger partial charge in [0.05, 0.1) is 17.5 Å². The minimum atomic E-state index is 0.142. The molecule has 0 aromatic carbocycles. The molecule has 0 aliphatic carbocycles. The van der Waals surface area contributed by atoms with E-state index in [9.17, 15) is 0 Å². The van der Waals surface area contributed by atoms with Gasteiger partial charge < -0.3 is 4.42 Å². The molecule has 0 N–H and O–H groups in total. The van der Waals surface area contributed by atoms with E-state index in [1.807, 2.05) is 12.1 Å². The van der Waals surface area contributed by atoms with E-state index in [2.05, 4.69) is 29.5 Å². The summed E-state index contributed by atoms with van der Waals surface area (Å²) in [5, 5.41) is 0. The van der Waals surface area contributed by atoms with Crippen molar-refractivity contribution in [1.82, 2.24) is 0 Å². The smallest absolute Gasteiger partial charge is 0.147 e. The van der Waals surface area contributed by atoms with E-state index in [4.69, 9.17) is 9.41 Å². The van der Waals surface area contributed by atoms with Crippen LogP contribution in [0.15, 0.2) is 27.8 Å². The number of hydrogen-bond acceptors (Lipinski definition) is 2. The molecule has 1 aromatic heterocycles. The molecule has 0 amide bonds. The zero-order chi connectivity index (χ0) is 9.31. The first-order valence-electron chi connectivity index (χ1n) is 4.42. The van der Waals surface area contributed by atoms with Crippen LogP contribution in [0.25, 0.3) is 0 Å². The Hall–Kier alpha value is -0.320. The van der Waals surface area contributed by atoms with Gasteiger partial charge in [0.25, 0.3) is 0 Å². The Morgan fingerprint density at radius 3 is 3.08 bits per heavy atom. The Kier molecular flexibility index (Phi) is 2.45. The molecule has 1 aliphatic heterocycles. The minimum absolute atomic E-state index is 0.142. The molecular formula is C10H12INO. The summed E-state index contributed by atoms with van der Waals surface area (Å²) in [6, 6.07) is 3.90. The van der Waals surface area contributed by atoms with E-state index in [0.717, 1.165) is 28.7 Å². The predicted octanol–water partition coefficient (Wildman–Crippen LogP) is 3.06. The van der Waals surface area contributed by atoms with Crippen molar-refractivity contribution in [3.8, 4) is 0 Å². The maximum absolute atomic E-state index is 5.32. The summed E-state index contributed by atoms with van der Waals surface area (Å²) in [6.45, 7) is 2.20. The molecule has 0 fully saturated rings. The summed E-state index contributed by atoms with van der Waals surface area (Å²) in [4.78, 5) is 4.70. The van der Waals surface area contributed by atoms with Crippen molar-refractivity contribution in [2.75, 3.05) is 4.43 Å². The number of halogens is 1. The molecule has 1 aromatic rings. The fourth-order valence-electron chi connectivity index (χ4n) is 1.54. The van der Waals surface area contributed by atoms with E-state index < -0.39 is 0 Å². The minimum Gasteiger partial charge on any atom is -0.463 e. The van der Waals surface area contributed by atoms with Crippen LogP contribution in [-0.2, 0) is 0 Å². The van der Waals surface area contributed by atoms with E-state index in [0.29, 0.717) is 0 Å². The highest BCUT2D eigenvalue weighted by Gasteiger charge is 2.29. The Morgan fingerprint density at radius 1 is 1.69 bits per heavy atom. The van der Waals surface area contributed by atoms with Crippen LogP contribution >= 0.6 is 22.6 Å². The van der Waals surface area contributed by atoms with Crippen molar-refractivity contribution < 1.29 is 4.42 Å². The average Bonchev–Trinajstić information content (AvgIpc) is 2.73. The maximum Gasteiger partial charge on any atom is 0.147 e. The predicted molar refractivity (Wildman–Crippen MR) is 61.8 cm³/mol. The molecular weight excluding hydrogens is 277 g/mol. The van der Waals surface area contributed by atoms with Crippen molar-refractivity contribution in [2.24, 2.45) is 4.99 Å². The Bertz CT molecular complexity index is 318. The van der Waals surface area contributed by atoms with E-state index in [1.54, 1.807) is 6.26 Å². The van der Waals surface area contributed by atoms with Gasteiger partial charge >= 0.3 is 0 Å². The fourth-order valence-corrected chi connectivity index (χ4v) is 2.10. The molecule has 2 heterocycles. The van der Waals surface area contributed by atoms with E-state index in [-0.39, 0.29) is 5.54 Å². The van der Waals surface area contributed by atoms with Gasteiger partial charge in [-0.1, -0.05) is 22.6 Å². The van der Waals surface area contributed by atoms with Gasteiger partial charge in [0.2, 0.25) is 0 Å². The van der Waals surface area contributed by atoms with Crippen LogP contribution < -0.4 is 0 Å². The number of rotatable bonds is 2. The zero-order valence-electron chi connectivity index (χ0n) is 7.59. The van der Waals surface area contributed by atoms with Crippen molar-refractivity contribution in [3.05, 3.63) is 24.2 Å². The number of nitrogens with zero attached hydrogens (tertiary/aromatic N) is 1. The Morgan fingerprint density at radius 2 is 2.54 bits per heavy atom. The zero-order valence-corrected chi connectivity index (χ0v) is 9.74. The first kappa shape index (κ1) is 9.24. The third kappa shape index (κ3) is 1.80. The van der Waals surface area contributed by atoms with E-state index in [1.165, 1.54) is 0 Å². The third-order valence-corrected chi connectivity index (χ3v) is 4.04. The van der Waals surface area contributed by atoms with Gasteiger partial charge in [0.1, 0.15) is 5.76 Å². The quantitative estimate of drug-likeness (QED) is 0.607. The molecule has 2 nitrogen and oxygen atoms in total. The second kappa shape index (κ2) is 3.44. The molecule has 2 rings (SSSR count). The highest BCUT2D eigenvalue weighted by atomic mass is 127. The Balaban J connectivity index is 2.24. The van der Waals surface area contributed by atoms with Gasteiger partial charge in [-0.05, 0) is 31.9 Å². The molecule has 3 heteroatoms. The van der Waals surface area contributed by atoms with Gasteiger partial charge in [-0.15, -0.1) is 0 Å². The molecule has 1 atom stereocenters. The largest absolute Gasteiger partial charge is 0.463 e. The lowest BCUT2D eigenvalue weighted by molar-refractivity contribution is 0.540. The molecule has 1 unspecified atom stereocenters. The fraction of sp³-hybridized carbons (Fsp3) is 0.500. The van der Waals surface area contributed by atoms with Crippen LogP contribution in [0.2, 0.25) is 0 Å². The summed E-state index contributed by atoms with van der Waals surface area (Å²) in [5.41, 5.74) is 1.27. The lowest BCUT2D eigenvalue weighted by atomic mass is 10.0. The van der Waals surface area contributed by atoms with Crippen LogP contribution in [0.3, 0.4) is 0 Å². The molecule has 13 heavy (non-hydrogen) atoms. The van der Waals surface area contributed by atoms with Crippen LogP contribution in [-0.4, -0.2) is 15.7 Å². The van der Waals surface area contributed by atoms with Gasteiger partial charge in [-0.3, -0.25) is 4.99 Å². The number of hydrogen-bond donors (Lipinski definition) is 0. The highest BCUT2D eigenvalue weighted by molar-refractivity contribution is 14.1. The molecule has 0 saturated heterocycles. The van der Waals surface area contributed by atoms with Gasteiger partial charge in [-0.2, -0.15) is 0 Å². The number of furan rings is 1. The normalized spacial score (nSPS) is 27.7. The molecule has 0 saturated carbocycles. The maximum atomic E-state index is 5.32. The monoisotopic (exact) mass is 289 g/mol. The van der Waals surface area contributed by atoms with Crippen molar-refractivity contribution in [1.29, 1.82) is 0 Å². The van der Waals surface area contributed by atoms with Crippen molar-refractivity contribution in [2.45, 2.75) is 25.3 Å². The molecule has 0 spiro atoms. The lowest BCUT2D eigenvalue weighted by Crippen LogP contribution is -2.19. The summed E-state index contributed by atoms with van der Waals surface area (Å²) in [6.07, 6.45) is 3.90. The highest BCUT2D eigenvalue weighted by Crippen LogP contribution is 2.29. The third-order valence-electron chi connectivity index (χ3n) is 2.40. The first-order chi connectivity index (χ1) is 6.23. The van der Waals surface area contributed by atoms with Crippen molar-refractivity contribution >= 4 is 28.3 Å². The summed E-state index contributed by atoms with van der Waals surface area (Å²) in [7, 11) is 0. The summed E-state index contributed by atoms with van der Waals surface area (Å²) < 4.78 is 6.40. The molecule has 0 bridgehead atoms. The standard InChI is InChI=1S/C10H12INO/c1-10(7-11)5-4-8(12-10)9-3-2-6-13-9/h2-3,6H,4-5,7H2,1H3. The average molecular weight is 289 g/mol. The summed E-state index contributed by atoms with van der Waals surface area (Å²) >= 11 is 2.40. The van der Waals surface area contributed by atoms with Crippen molar-refractivity contribution in [3.63, 3.8) is 0 Å².